The zero-order valence-electron chi connectivity index (χ0n) is 13.5. The van der Waals surface area contributed by atoms with E-state index >= 15 is 0 Å². The van der Waals surface area contributed by atoms with Crippen LogP contribution in [0.3, 0.4) is 0 Å². The molecule has 1 aromatic rings. The number of nitrogens with one attached hydrogen (secondary N) is 1. The molecule has 3 atom stereocenters. The number of benzene rings is 1. The van der Waals surface area contributed by atoms with Crippen LogP contribution in [0.4, 0.5) is 4.39 Å². The van der Waals surface area contributed by atoms with E-state index in [-0.39, 0.29) is 22.9 Å². The van der Waals surface area contributed by atoms with Gasteiger partial charge >= 0.3 is 0 Å². The fraction of sp³-hybridized carbons (Fsp3) is 0.667. The largest absolute Gasteiger partial charge is 0.487 e. The number of fused-ring (bicyclic) bond motifs is 1. The molecule has 116 valence electrons. The Bertz CT molecular complexity index is 542. The van der Waals surface area contributed by atoms with Crippen LogP contribution >= 0.6 is 0 Å². The molecule has 0 saturated heterocycles. The summed E-state index contributed by atoms with van der Waals surface area (Å²) in [7, 11) is 1.98. The second-order valence-corrected chi connectivity index (χ2v) is 7.87. The van der Waals surface area contributed by atoms with E-state index in [1.165, 1.54) is 12.5 Å². The van der Waals surface area contributed by atoms with E-state index in [1.807, 2.05) is 13.1 Å². The zero-order chi connectivity index (χ0) is 15.3. The summed E-state index contributed by atoms with van der Waals surface area (Å²) in [5.41, 5.74) is 1.21. The fourth-order valence-electron chi connectivity index (χ4n) is 4.80. The Morgan fingerprint density at radius 2 is 2.00 bits per heavy atom. The summed E-state index contributed by atoms with van der Waals surface area (Å²) < 4.78 is 20.0. The van der Waals surface area contributed by atoms with Gasteiger partial charge in [0.25, 0.3) is 0 Å². The Kier molecular flexibility index (Phi) is 3.52. The van der Waals surface area contributed by atoms with Gasteiger partial charge in [0.1, 0.15) is 17.2 Å². The maximum absolute atomic E-state index is 13.6. The number of hydrogen-bond acceptors (Lipinski definition) is 2. The Hall–Kier alpha value is -1.09. The van der Waals surface area contributed by atoms with Crippen molar-refractivity contribution in [2.75, 3.05) is 7.05 Å². The first-order valence-corrected chi connectivity index (χ1v) is 7.98. The molecule has 1 saturated carbocycles. The van der Waals surface area contributed by atoms with Gasteiger partial charge in [-0.15, -0.1) is 0 Å². The molecule has 0 bridgehead atoms. The number of hydrogen-bond donors (Lipinski definition) is 1. The highest BCUT2D eigenvalue weighted by molar-refractivity contribution is 5.39. The molecule has 0 aromatic heterocycles. The molecule has 1 aliphatic heterocycles. The second-order valence-electron chi connectivity index (χ2n) is 7.87. The summed E-state index contributed by atoms with van der Waals surface area (Å²) in [6.07, 6.45) is 4.30. The number of rotatable bonds is 1. The van der Waals surface area contributed by atoms with Gasteiger partial charge in [0.15, 0.2) is 0 Å². The summed E-state index contributed by atoms with van der Waals surface area (Å²) in [5.74, 6) is 1.15. The minimum Gasteiger partial charge on any atom is -0.487 e. The van der Waals surface area contributed by atoms with E-state index < -0.39 is 0 Å². The van der Waals surface area contributed by atoms with Crippen molar-refractivity contribution in [1.82, 2.24) is 5.32 Å². The molecule has 0 radical (unpaired) electrons. The molecule has 2 nitrogen and oxygen atoms in total. The van der Waals surface area contributed by atoms with Gasteiger partial charge in [0.2, 0.25) is 0 Å². The van der Waals surface area contributed by atoms with Crippen molar-refractivity contribution >= 4 is 0 Å². The maximum Gasteiger partial charge on any atom is 0.127 e. The molecule has 1 aliphatic carbocycles. The molecule has 3 rings (SSSR count). The Morgan fingerprint density at radius 1 is 1.24 bits per heavy atom. The lowest BCUT2D eigenvalue weighted by atomic mass is 9.63. The first-order valence-electron chi connectivity index (χ1n) is 7.98. The number of halogens is 1. The third-order valence-electron chi connectivity index (χ3n) is 5.02. The second kappa shape index (κ2) is 4.98. The molecular weight excluding hydrogens is 265 g/mol. The minimum atomic E-state index is -0.219. The minimum absolute atomic E-state index is 0.157. The van der Waals surface area contributed by atoms with Crippen LogP contribution in [0.2, 0.25) is 0 Å². The van der Waals surface area contributed by atoms with Gasteiger partial charge < -0.3 is 10.1 Å². The lowest BCUT2D eigenvalue weighted by molar-refractivity contribution is -0.0596. The van der Waals surface area contributed by atoms with Gasteiger partial charge in [0, 0.05) is 24.1 Å². The maximum atomic E-state index is 13.6. The lowest BCUT2D eigenvalue weighted by Gasteiger charge is -2.51. The molecule has 1 heterocycles. The van der Waals surface area contributed by atoms with Gasteiger partial charge in [-0.05, 0) is 43.7 Å². The smallest absolute Gasteiger partial charge is 0.127 e. The highest BCUT2D eigenvalue weighted by Crippen LogP contribution is 2.52. The highest BCUT2D eigenvalue weighted by Gasteiger charge is 2.48. The Balaban J connectivity index is 1.99. The summed E-state index contributed by atoms with van der Waals surface area (Å²) in [4.78, 5) is 0. The van der Waals surface area contributed by atoms with Crippen molar-refractivity contribution < 1.29 is 9.13 Å². The first kappa shape index (κ1) is 14.8. The summed E-state index contributed by atoms with van der Waals surface area (Å²) in [6.45, 7) is 6.95. The van der Waals surface area contributed by atoms with Crippen LogP contribution < -0.4 is 10.1 Å². The van der Waals surface area contributed by atoms with E-state index in [0.29, 0.717) is 5.92 Å². The topological polar surface area (TPSA) is 21.3 Å². The average molecular weight is 291 g/mol. The van der Waals surface area contributed by atoms with Gasteiger partial charge in [-0.2, -0.15) is 0 Å². The Morgan fingerprint density at radius 3 is 2.67 bits per heavy atom. The van der Waals surface area contributed by atoms with Crippen LogP contribution in [-0.4, -0.2) is 12.6 Å². The molecule has 1 spiro atoms. The molecule has 1 aromatic carbocycles. The quantitative estimate of drug-likeness (QED) is 0.825. The van der Waals surface area contributed by atoms with Crippen LogP contribution in [0.5, 0.6) is 5.75 Å². The van der Waals surface area contributed by atoms with E-state index in [9.17, 15) is 4.39 Å². The van der Waals surface area contributed by atoms with Crippen LogP contribution in [0.1, 0.15) is 58.1 Å². The van der Waals surface area contributed by atoms with Crippen molar-refractivity contribution in [3.8, 4) is 5.75 Å². The van der Waals surface area contributed by atoms with Gasteiger partial charge in [-0.25, -0.2) is 4.39 Å². The van der Waals surface area contributed by atoms with Crippen LogP contribution in [0, 0.1) is 17.2 Å². The predicted molar refractivity (Wildman–Crippen MR) is 83.0 cm³/mol. The molecule has 0 amide bonds. The van der Waals surface area contributed by atoms with E-state index in [1.54, 1.807) is 6.07 Å². The average Bonchev–Trinajstić information content (AvgIpc) is 2.34. The zero-order valence-corrected chi connectivity index (χ0v) is 13.5. The van der Waals surface area contributed by atoms with E-state index in [0.717, 1.165) is 30.6 Å². The molecule has 1 fully saturated rings. The van der Waals surface area contributed by atoms with E-state index in [4.69, 9.17) is 4.74 Å². The summed E-state index contributed by atoms with van der Waals surface area (Å²) in [6, 6.07) is 5.18. The van der Waals surface area contributed by atoms with Crippen molar-refractivity contribution in [3.63, 3.8) is 0 Å². The first-order chi connectivity index (χ1) is 9.82. The predicted octanol–water partition coefficient (Wildman–Crippen LogP) is 4.45. The highest BCUT2D eigenvalue weighted by atomic mass is 19.1. The van der Waals surface area contributed by atoms with Gasteiger partial charge in [-0.1, -0.05) is 26.8 Å². The molecule has 3 heteroatoms. The third-order valence-corrected chi connectivity index (χ3v) is 5.02. The standard InChI is InChI=1S/C18H26FNO/c1-12-8-17(2,3)11-18(9-12)10-15(20-4)14-6-5-13(19)7-16(14)21-18/h5-7,12,15,20H,8-11H2,1-4H3. The monoisotopic (exact) mass is 291 g/mol. The van der Waals surface area contributed by atoms with E-state index in [2.05, 4.69) is 26.1 Å². The molecule has 1 N–H and O–H groups in total. The fourth-order valence-corrected chi connectivity index (χ4v) is 4.80. The number of ether oxygens (including phenoxy) is 1. The lowest BCUT2D eigenvalue weighted by Crippen LogP contribution is -2.50. The summed E-state index contributed by atoms with van der Waals surface area (Å²) in [5, 5.41) is 3.39. The summed E-state index contributed by atoms with van der Waals surface area (Å²) >= 11 is 0. The van der Waals surface area contributed by atoms with Gasteiger partial charge in [-0.3, -0.25) is 0 Å². The Labute approximate surface area is 127 Å². The molecule has 3 unspecified atom stereocenters. The third kappa shape index (κ3) is 2.80. The van der Waals surface area contributed by atoms with Crippen molar-refractivity contribution in [2.24, 2.45) is 11.3 Å². The van der Waals surface area contributed by atoms with Gasteiger partial charge in [0.05, 0.1) is 0 Å². The molecular formula is C18H26FNO. The van der Waals surface area contributed by atoms with Crippen molar-refractivity contribution in [3.05, 3.63) is 29.6 Å². The SMILES string of the molecule is CNC1CC2(CC(C)CC(C)(C)C2)Oc2cc(F)ccc21. The van der Waals surface area contributed by atoms with Crippen LogP contribution in [0.25, 0.3) is 0 Å². The normalized spacial score (nSPS) is 34.3. The van der Waals surface area contributed by atoms with Crippen LogP contribution in [-0.2, 0) is 0 Å². The molecule has 2 aliphatic rings. The molecule has 21 heavy (non-hydrogen) atoms. The van der Waals surface area contributed by atoms with Crippen molar-refractivity contribution in [1.29, 1.82) is 0 Å². The van der Waals surface area contributed by atoms with Crippen molar-refractivity contribution in [2.45, 2.75) is 58.1 Å². The van der Waals surface area contributed by atoms with Crippen LogP contribution in [0.15, 0.2) is 18.2 Å².